The Morgan fingerprint density at radius 3 is 2.50 bits per heavy atom. The van der Waals surface area contributed by atoms with E-state index in [9.17, 15) is 14.7 Å². The number of imide groups is 1. The summed E-state index contributed by atoms with van der Waals surface area (Å²) in [5.41, 5.74) is 3.57. The van der Waals surface area contributed by atoms with Crippen molar-refractivity contribution in [2.45, 2.75) is 13.8 Å². The number of thioether (sulfide) groups is 1. The van der Waals surface area contributed by atoms with E-state index in [1.165, 1.54) is 11.8 Å². The van der Waals surface area contributed by atoms with Crippen LogP contribution in [0.1, 0.15) is 16.7 Å². The predicted molar refractivity (Wildman–Crippen MR) is 106 cm³/mol. The molecule has 1 N–H and O–H groups in total. The molecule has 0 bridgehead atoms. The molecule has 0 unspecified atom stereocenters. The van der Waals surface area contributed by atoms with Gasteiger partial charge in [0, 0.05) is 10.8 Å². The Hall–Kier alpha value is -2.08. The lowest BCUT2D eigenvalue weighted by Crippen LogP contribution is -2.31. The Morgan fingerprint density at radius 1 is 1.08 bits per heavy atom. The maximum absolute atomic E-state index is 13.2. The highest BCUT2D eigenvalue weighted by atomic mass is 35.5. The minimum Gasteiger partial charge on any atom is -0.396 e. The highest BCUT2D eigenvalue weighted by Crippen LogP contribution is 2.39. The van der Waals surface area contributed by atoms with E-state index >= 15 is 0 Å². The van der Waals surface area contributed by atoms with Crippen LogP contribution < -0.4 is 4.90 Å². The average molecular weight is 388 g/mol. The topological polar surface area (TPSA) is 57.6 Å². The summed E-state index contributed by atoms with van der Waals surface area (Å²) in [7, 11) is 0. The van der Waals surface area contributed by atoms with Crippen LogP contribution in [0.25, 0.3) is 5.57 Å². The molecule has 134 valence electrons. The highest BCUT2D eigenvalue weighted by molar-refractivity contribution is 8.04. The van der Waals surface area contributed by atoms with Crippen molar-refractivity contribution in [3.63, 3.8) is 0 Å². The lowest BCUT2D eigenvalue weighted by Gasteiger charge is -2.15. The number of rotatable bonds is 5. The van der Waals surface area contributed by atoms with Crippen molar-refractivity contribution in [3.8, 4) is 0 Å². The van der Waals surface area contributed by atoms with Crippen molar-refractivity contribution < 1.29 is 14.7 Å². The first-order valence-electron chi connectivity index (χ1n) is 8.14. The van der Waals surface area contributed by atoms with Crippen molar-refractivity contribution in [1.82, 2.24) is 0 Å². The molecule has 0 fully saturated rings. The van der Waals surface area contributed by atoms with E-state index in [0.29, 0.717) is 26.9 Å². The van der Waals surface area contributed by atoms with Gasteiger partial charge in [-0.15, -0.1) is 11.8 Å². The fourth-order valence-corrected chi connectivity index (χ4v) is 4.01. The van der Waals surface area contributed by atoms with E-state index in [4.69, 9.17) is 11.6 Å². The van der Waals surface area contributed by atoms with Gasteiger partial charge in [0.15, 0.2) is 0 Å². The monoisotopic (exact) mass is 387 g/mol. The smallest absolute Gasteiger partial charge is 0.272 e. The Labute approximate surface area is 161 Å². The summed E-state index contributed by atoms with van der Waals surface area (Å²) in [6.07, 6.45) is 0. The van der Waals surface area contributed by atoms with Gasteiger partial charge in [-0.2, -0.15) is 0 Å². The quantitative estimate of drug-likeness (QED) is 0.789. The number of aliphatic hydroxyl groups is 1. The molecule has 1 aliphatic heterocycles. The fourth-order valence-electron chi connectivity index (χ4n) is 2.97. The Bertz CT molecular complexity index is 923. The van der Waals surface area contributed by atoms with Crippen molar-refractivity contribution in [3.05, 3.63) is 69.1 Å². The summed E-state index contributed by atoms with van der Waals surface area (Å²) in [4.78, 5) is 27.7. The Morgan fingerprint density at radius 2 is 1.85 bits per heavy atom. The molecule has 2 amide bonds. The van der Waals surface area contributed by atoms with Crippen molar-refractivity contribution in [2.75, 3.05) is 17.3 Å². The third kappa shape index (κ3) is 3.43. The number of aliphatic hydroxyl groups excluding tert-OH is 1. The van der Waals surface area contributed by atoms with Crippen LogP contribution in [-0.4, -0.2) is 29.3 Å². The number of anilines is 1. The Kier molecular flexibility index (Phi) is 5.51. The molecule has 0 aromatic heterocycles. The van der Waals surface area contributed by atoms with Gasteiger partial charge in [0.05, 0.1) is 22.8 Å². The minimum absolute atomic E-state index is 0.0764. The number of aryl methyl sites for hydroxylation is 2. The number of nitrogens with zero attached hydrogens (tertiary/aromatic N) is 1. The minimum atomic E-state index is -0.384. The first-order valence-corrected chi connectivity index (χ1v) is 9.50. The zero-order valence-corrected chi connectivity index (χ0v) is 16.0. The molecular formula is C20H18ClNO3S. The van der Waals surface area contributed by atoms with Crippen LogP contribution in [0.3, 0.4) is 0 Å². The third-order valence-corrected chi connectivity index (χ3v) is 5.39. The van der Waals surface area contributed by atoms with Crippen molar-refractivity contribution >= 4 is 46.4 Å². The highest BCUT2D eigenvalue weighted by Gasteiger charge is 2.40. The molecule has 6 heteroatoms. The molecule has 4 nitrogen and oxygen atoms in total. The van der Waals surface area contributed by atoms with E-state index in [1.807, 2.05) is 32.0 Å². The molecule has 2 aromatic carbocycles. The summed E-state index contributed by atoms with van der Waals surface area (Å²) < 4.78 is 0. The first-order chi connectivity index (χ1) is 12.4. The maximum atomic E-state index is 13.2. The molecule has 0 saturated heterocycles. The molecule has 2 aromatic rings. The number of carbonyl (C=O) groups is 2. The van der Waals surface area contributed by atoms with Gasteiger partial charge in [-0.1, -0.05) is 41.4 Å². The predicted octanol–water partition coefficient (Wildman–Crippen LogP) is 3.97. The molecule has 0 saturated carbocycles. The second-order valence-electron chi connectivity index (χ2n) is 6.02. The van der Waals surface area contributed by atoms with Gasteiger partial charge in [-0.05, 0) is 43.2 Å². The van der Waals surface area contributed by atoms with Gasteiger partial charge in [0.1, 0.15) is 0 Å². The number of amides is 2. The van der Waals surface area contributed by atoms with Gasteiger partial charge in [0.25, 0.3) is 11.8 Å². The summed E-state index contributed by atoms with van der Waals surface area (Å²) >= 11 is 7.23. The normalized spacial score (nSPS) is 14.5. The largest absolute Gasteiger partial charge is 0.396 e. The lowest BCUT2D eigenvalue weighted by atomic mass is 9.99. The number of hydrogen-bond donors (Lipinski definition) is 1. The van der Waals surface area contributed by atoms with Gasteiger partial charge < -0.3 is 5.11 Å². The summed E-state index contributed by atoms with van der Waals surface area (Å²) in [6.45, 7) is 3.82. The average Bonchev–Trinajstić information content (AvgIpc) is 2.83. The van der Waals surface area contributed by atoms with Crippen LogP contribution in [-0.2, 0) is 9.59 Å². The molecule has 1 aliphatic rings. The lowest BCUT2D eigenvalue weighted by molar-refractivity contribution is -0.119. The van der Waals surface area contributed by atoms with Crippen LogP contribution in [0.15, 0.2) is 47.4 Å². The SMILES string of the molecule is Cc1ccc(C2=C(SCCO)C(=O)N(c3cccc(Cl)c3)C2=O)c(C)c1. The molecule has 0 atom stereocenters. The molecule has 3 rings (SSSR count). The number of hydrogen-bond acceptors (Lipinski definition) is 4. The zero-order chi connectivity index (χ0) is 18.8. The van der Waals surface area contributed by atoms with E-state index in [-0.39, 0.29) is 18.4 Å². The molecule has 0 aliphatic carbocycles. The van der Waals surface area contributed by atoms with Crippen LogP contribution in [0.2, 0.25) is 5.02 Å². The van der Waals surface area contributed by atoms with Crippen molar-refractivity contribution in [2.24, 2.45) is 0 Å². The molecule has 0 spiro atoms. The third-order valence-electron chi connectivity index (χ3n) is 4.10. The van der Waals surface area contributed by atoms with Gasteiger partial charge in [0.2, 0.25) is 0 Å². The van der Waals surface area contributed by atoms with Gasteiger partial charge in [-0.3, -0.25) is 9.59 Å². The van der Waals surface area contributed by atoms with Crippen molar-refractivity contribution in [1.29, 1.82) is 0 Å². The van der Waals surface area contributed by atoms with E-state index in [2.05, 4.69) is 0 Å². The maximum Gasteiger partial charge on any atom is 0.272 e. The summed E-state index contributed by atoms with van der Waals surface area (Å²) in [5, 5.41) is 9.63. The van der Waals surface area contributed by atoms with Crippen LogP contribution in [0.5, 0.6) is 0 Å². The van der Waals surface area contributed by atoms with E-state index < -0.39 is 0 Å². The number of halogens is 1. The zero-order valence-electron chi connectivity index (χ0n) is 14.5. The van der Waals surface area contributed by atoms with Gasteiger partial charge in [-0.25, -0.2) is 4.90 Å². The standard InChI is InChI=1S/C20H18ClNO3S/c1-12-6-7-16(13(2)10-12)17-18(26-9-8-23)20(25)22(19(17)24)15-5-3-4-14(21)11-15/h3-7,10-11,23H,8-9H2,1-2H3. The van der Waals surface area contributed by atoms with E-state index in [1.54, 1.807) is 24.3 Å². The fraction of sp³-hybridized carbons (Fsp3) is 0.200. The Balaban J connectivity index is 2.12. The molecular weight excluding hydrogens is 370 g/mol. The molecule has 26 heavy (non-hydrogen) atoms. The second kappa shape index (κ2) is 7.66. The first kappa shape index (κ1) is 18.7. The number of benzene rings is 2. The number of carbonyl (C=O) groups excluding carboxylic acids is 2. The summed E-state index contributed by atoms with van der Waals surface area (Å²) in [6, 6.07) is 12.4. The summed E-state index contributed by atoms with van der Waals surface area (Å²) in [5.74, 6) is -0.415. The van der Waals surface area contributed by atoms with Crippen LogP contribution >= 0.6 is 23.4 Å². The van der Waals surface area contributed by atoms with E-state index in [0.717, 1.165) is 21.6 Å². The molecule has 0 radical (unpaired) electrons. The van der Waals surface area contributed by atoms with Crippen LogP contribution in [0, 0.1) is 13.8 Å². The molecule has 1 heterocycles. The second-order valence-corrected chi connectivity index (χ2v) is 7.56. The van der Waals surface area contributed by atoms with Gasteiger partial charge >= 0.3 is 0 Å². The van der Waals surface area contributed by atoms with Crippen LogP contribution in [0.4, 0.5) is 5.69 Å².